The van der Waals surface area contributed by atoms with Crippen LogP contribution in [0.15, 0.2) is 30.6 Å². The molecule has 0 radical (unpaired) electrons. The van der Waals surface area contributed by atoms with Crippen molar-refractivity contribution in [2.45, 2.75) is 13.3 Å². The number of benzene rings is 1. The van der Waals surface area contributed by atoms with E-state index in [0.29, 0.717) is 17.1 Å². The Morgan fingerprint density at radius 3 is 2.84 bits per heavy atom. The van der Waals surface area contributed by atoms with Crippen molar-refractivity contribution >= 4 is 5.82 Å². The van der Waals surface area contributed by atoms with E-state index in [2.05, 4.69) is 22.2 Å². The van der Waals surface area contributed by atoms with Gasteiger partial charge in [0, 0.05) is 18.2 Å². The Hall–Kier alpha value is -2.48. The molecule has 1 N–H and O–H groups in total. The molecule has 1 heterocycles. The number of nitrogens with one attached hydrogen (secondary N) is 1. The molecular formula is C14H13FN4. The van der Waals surface area contributed by atoms with Crippen molar-refractivity contribution in [3.8, 4) is 17.3 Å². The lowest BCUT2D eigenvalue weighted by Crippen LogP contribution is -2.02. The monoisotopic (exact) mass is 256 g/mol. The average molecular weight is 256 g/mol. The van der Waals surface area contributed by atoms with Crippen LogP contribution in [0.25, 0.3) is 11.3 Å². The number of aromatic nitrogens is 2. The second-order valence-corrected chi connectivity index (χ2v) is 4.06. The van der Waals surface area contributed by atoms with Crippen LogP contribution in [0, 0.1) is 17.1 Å². The zero-order valence-corrected chi connectivity index (χ0v) is 10.5. The van der Waals surface area contributed by atoms with Gasteiger partial charge in [-0.15, -0.1) is 0 Å². The molecule has 4 nitrogen and oxygen atoms in total. The van der Waals surface area contributed by atoms with Crippen LogP contribution in [0.5, 0.6) is 0 Å². The summed E-state index contributed by atoms with van der Waals surface area (Å²) in [5.41, 5.74) is 1.43. The fourth-order valence-electron chi connectivity index (χ4n) is 1.67. The number of rotatable bonds is 4. The molecule has 0 amide bonds. The number of halogens is 1. The van der Waals surface area contributed by atoms with Gasteiger partial charge in [0.25, 0.3) is 0 Å². The zero-order chi connectivity index (χ0) is 13.7. The Bertz CT molecular complexity index is 619. The van der Waals surface area contributed by atoms with E-state index in [1.807, 2.05) is 6.07 Å². The topological polar surface area (TPSA) is 61.6 Å². The molecule has 96 valence electrons. The molecule has 0 aliphatic heterocycles. The molecule has 0 atom stereocenters. The molecule has 1 aromatic carbocycles. The highest BCUT2D eigenvalue weighted by Gasteiger charge is 2.05. The standard InChI is InChI=1S/C14H13FN4/c1-2-3-17-14-7-13(18-9-19-14)11-4-10(8-16)5-12(15)6-11/h4-7,9H,2-3H2,1H3,(H,17,18,19). The van der Waals surface area contributed by atoms with Gasteiger partial charge >= 0.3 is 0 Å². The number of hydrogen-bond donors (Lipinski definition) is 1. The summed E-state index contributed by atoms with van der Waals surface area (Å²) < 4.78 is 13.4. The van der Waals surface area contributed by atoms with Crippen molar-refractivity contribution in [3.63, 3.8) is 0 Å². The highest BCUT2D eigenvalue weighted by Crippen LogP contribution is 2.21. The molecular weight excluding hydrogens is 243 g/mol. The zero-order valence-electron chi connectivity index (χ0n) is 10.5. The summed E-state index contributed by atoms with van der Waals surface area (Å²) in [7, 11) is 0. The molecule has 19 heavy (non-hydrogen) atoms. The molecule has 0 fully saturated rings. The van der Waals surface area contributed by atoms with Gasteiger partial charge in [-0.2, -0.15) is 5.26 Å². The van der Waals surface area contributed by atoms with Crippen molar-refractivity contribution in [2.75, 3.05) is 11.9 Å². The molecule has 2 aromatic rings. The third-order valence-electron chi connectivity index (χ3n) is 2.55. The molecule has 0 aliphatic rings. The van der Waals surface area contributed by atoms with Crippen LogP contribution >= 0.6 is 0 Å². The SMILES string of the molecule is CCCNc1cc(-c2cc(F)cc(C#N)c2)ncn1. The quantitative estimate of drug-likeness (QED) is 0.913. The van der Waals surface area contributed by atoms with Crippen LogP contribution in [-0.2, 0) is 0 Å². The maximum Gasteiger partial charge on any atom is 0.129 e. The lowest BCUT2D eigenvalue weighted by molar-refractivity contribution is 0.628. The first kappa shape index (κ1) is 13.0. The lowest BCUT2D eigenvalue weighted by Gasteiger charge is -2.06. The van der Waals surface area contributed by atoms with E-state index in [1.54, 1.807) is 12.1 Å². The molecule has 0 saturated carbocycles. The largest absolute Gasteiger partial charge is 0.370 e. The van der Waals surface area contributed by atoms with E-state index >= 15 is 0 Å². The van der Waals surface area contributed by atoms with Crippen LogP contribution in [0.4, 0.5) is 10.2 Å². The molecule has 5 heteroatoms. The molecule has 0 saturated heterocycles. The van der Waals surface area contributed by atoms with Gasteiger partial charge in [0.1, 0.15) is 18.0 Å². The highest BCUT2D eigenvalue weighted by atomic mass is 19.1. The number of anilines is 1. The summed E-state index contributed by atoms with van der Waals surface area (Å²) in [5.74, 6) is 0.241. The van der Waals surface area contributed by atoms with Gasteiger partial charge in [0.15, 0.2) is 0 Å². The van der Waals surface area contributed by atoms with Gasteiger partial charge in [-0.05, 0) is 24.6 Å². The first-order valence-corrected chi connectivity index (χ1v) is 6.00. The fraction of sp³-hybridized carbons (Fsp3) is 0.214. The van der Waals surface area contributed by atoms with Crippen LogP contribution in [-0.4, -0.2) is 16.5 Å². The minimum absolute atomic E-state index is 0.275. The van der Waals surface area contributed by atoms with Gasteiger partial charge in [-0.25, -0.2) is 14.4 Å². The van der Waals surface area contributed by atoms with E-state index in [1.165, 1.54) is 18.5 Å². The summed E-state index contributed by atoms with van der Waals surface area (Å²) in [4.78, 5) is 8.19. The smallest absolute Gasteiger partial charge is 0.129 e. The van der Waals surface area contributed by atoms with E-state index in [4.69, 9.17) is 5.26 Å². The molecule has 1 aromatic heterocycles. The van der Waals surface area contributed by atoms with Crippen LogP contribution in [0.1, 0.15) is 18.9 Å². The maximum absolute atomic E-state index is 13.4. The van der Waals surface area contributed by atoms with Crippen molar-refractivity contribution in [3.05, 3.63) is 42.0 Å². The van der Waals surface area contributed by atoms with Gasteiger partial charge < -0.3 is 5.32 Å². The Balaban J connectivity index is 2.36. The summed E-state index contributed by atoms with van der Waals surface area (Å²) in [6.07, 6.45) is 2.40. The van der Waals surface area contributed by atoms with E-state index in [-0.39, 0.29) is 5.56 Å². The van der Waals surface area contributed by atoms with E-state index in [9.17, 15) is 4.39 Å². The lowest BCUT2D eigenvalue weighted by atomic mass is 10.1. The third kappa shape index (κ3) is 3.26. The van der Waals surface area contributed by atoms with Crippen LogP contribution in [0.2, 0.25) is 0 Å². The predicted octanol–water partition coefficient (Wildman–Crippen LogP) is 2.98. The first-order valence-electron chi connectivity index (χ1n) is 6.00. The third-order valence-corrected chi connectivity index (χ3v) is 2.55. The Morgan fingerprint density at radius 2 is 2.11 bits per heavy atom. The van der Waals surface area contributed by atoms with Crippen molar-refractivity contribution in [2.24, 2.45) is 0 Å². The van der Waals surface area contributed by atoms with Gasteiger partial charge in [0.05, 0.1) is 17.3 Å². The van der Waals surface area contributed by atoms with Gasteiger partial charge in [-0.1, -0.05) is 6.92 Å². The fourth-order valence-corrected chi connectivity index (χ4v) is 1.67. The Labute approximate surface area is 110 Å². The second kappa shape index (κ2) is 5.91. The van der Waals surface area contributed by atoms with Gasteiger partial charge in [-0.3, -0.25) is 0 Å². The highest BCUT2D eigenvalue weighted by molar-refractivity contribution is 5.64. The molecule has 0 aliphatic carbocycles. The number of nitriles is 1. The summed E-state index contributed by atoms with van der Waals surface area (Å²) in [6, 6.07) is 7.82. The van der Waals surface area contributed by atoms with Gasteiger partial charge in [0.2, 0.25) is 0 Å². The van der Waals surface area contributed by atoms with Crippen molar-refractivity contribution in [1.29, 1.82) is 5.26 Å². The number of nitrogens with zero attached hydrogens (tertiary/aromatic N) is 3. The molecule has 2 rings (SSSR count). The maximum atomic E-state index is 13.4. The van der Waals surface area contributed by atoms with Crippen LogP contribution in [0.3, 0.4) is 0 Å². The average Bonchev–Trinajstić information content (AvgIpc) is 2.44. The van der Waals surface area contributed by atoms with E-state index in [0.717, 1.165) is 13.0 Å². The molecule has 0 spiro atoms. The summed E-state index contributed by atoms with van der Waals surface area (Å²) in [5, 5.41) is 12.0. The molecule has 0 unspecified atom stereocenters. The minimum atomic E-state index is -0.448. The summed E-state index contributed by atoms with van der Waals surface area (Å²) in [6.45, 7) is 2.86. The molecule has 0 bridgehead atoms. The van der Waals surface area contributed by atoms with E-state index < -0.39 is 5.82 Å². The summed E-state index contributed by atoms with van der Waals surface area (Å²) >= 11 is 0. The Kier molecular flexibility index (Phi) is 4.04. The minimum Gasteiger partial charge on any atom is -0.370 e. The first-order chi connectivity index (χ1) is 9.22. The van der Waals surface area contributed by atoms with Crippen molar-refractivity contribution in [1.82, 2.24) is 9.97 Å². The second-order valence-electron chi connectivity index (χ2n) is 4.06. The van der Waals surface area contributed by atoms with Crippen molar-refractivity contribution < 1.29 is 4.39 Å². The van der Waals surface area contributed by atoms with Crippen LogP contribution < -0.4 is 5.32 Å². The predicted molar refractivity (Wildman–Crippen MR) is 70.9 cm³/mol. The normalized spacial score (nSPS) is 9.95. The Morgan fingerprint density at radius 1 is 1.26 bits per heavy atom. The number of hydrogen-bond acceptors (Lipinski definition) is 4.